The number of benzene rings is 1. The average Bonchev–Trinajstić information content (AvgIpc) is 3.04. The van der Waals surface area contributed by atoms with Crippen molar-refractivity contribution in [3.63, 3.8) is 0 Å². The van der Waals surface area contributed by atoms with Gasteiger partial charge in [0.2, 0.25) is 0 Å². The average molecular weight is 206 g/mol. The third kappa shape index (κ3) is 2.36. The Bertz CT molecular complexity index is 380. The first-order chi connectivity index (χ1) is 7.20. The Morgan fingerprint density at radius 2 is 2.13 bits per heavy atom. The van der Waals surface area contributed by atoms with Crippen LogP contribution in [0.5, 0.6) is 5.75 Å². The number of phenols is 1. The summed E-state index contributed by atoms with van der Waals surface area (Å²) < 4.78 is 0. The fourth-order valence-corrected chi connectivity index (χ4v) is 1.65. The van der Waals surface area contributed by atoms with Crippen molar-refractivity contribution >= 4 is 5.78 Å². The minimum Gasteiger partial charge on any atom is -0.508 e. The summed E-state index contributed by atoms with van der Waals surface area (Å²) in [6.45, 7) is -0.479. The highest BCUT2D eigenvalue weighted by Gasteiger charge is 2.23. The molecule has 0 aromatic heterocycles. The molecule has 80 valence electrons. The van der Waals surface area contributed by atoms with E-state index in [4.69, 9.17) is 5.11 Å². The fraction of sp³-hybridized carbons (Fsp3) is 0.417. The van der Waals surface area contributed by atoms with Crippen molar-refractivity contribution in [2.45, 2.75) is 19.3 Å². The van der Waals surface area contributed by atoms with Gasteiger partial charge in [0, 0.05) is 5.56 Å². The molecular weight excluding hydrogens is 192 g/mol. The van der Waals surface area contributed by atoms with Crippen LogP contribution in [0.4, 0.5) is 0 Å². The van der Waals surface area contributed by atoms with Gasteiger partial charge in [0.25, 0.3) is 0 Å². The van der Waals surface area contributed by atoms with Crippen LogP contribution in [-0.4, -0.2) is 22.6 Å². The number of hydrogen-bond acceptors (Lipinski definition) is 3. The molecule has 15 heavy (non-hydrogen) atoms. The zero-order chi connectivity index (χ0) is 10.8. The van der Waals surface area contributed by atoms with Crippen molar-refractivity contribution in [3.05, 3.63) is 29.3 Å². The van der Waals surface area contributed by atoms with E-state index < -0.39 is 6.61 Å². The normalized spacial score (nSPS) is 15.3. The lowest BCUT2D eigenvalue weighted by molar-refractivity contribution is 0.0903. The first-order valence-corrected chi connectivity index (χ1v) is 5.16. The summed E-state index contributed by atoms with van der Waals surface area (Å²) in [6, 6.07) is 4.76. The number of rotatable bonds is 4. The topological polar surface area (TPSA) is 57.5 Å². The maximum atomic E-state index is 11.2. The van der Waals surface area contributed by atoms with Gasteiger partial charge in [0.15, 0.2) is 5.78 Å². The Balaban J connectivity index is 2.22. The number of Topliss-reactive ketones (excluding diaryl/α,β-unsaturated/α-hetero) is 1. The zero-order valence-corrected chi connectivity index (χ0v) is 8.44. The van der Waals surface area contributed by atoms with Crippen LogP contribution in [0.25, 0.3) is 0 Å². The summed E-state index contributed by atoms with van der Waals surface area (Å²) >= 11 is 0. The number of carbonyl (C=O) groups excluding carboxylic acids is 1. The number of aromatic hydroxyl groups is 1. The maximum absolute atomic E-state index is 11.2. The van der Waals surface area contributed by atoms with Crippen molar-refractivity contribution in [2.24, 2.45) is 5.92 Å². The second kappa shape index (κ2) is 4.03. The van der Waals surface area contributed by atoms with Crippen molar-refractivity contribution in [1.29, 1.82) is 0 Å². The number of hydrogen-bond donors (Lipinski definition) is 2. The van der Waals surface area contributed by atoms with E-state index in [1.165, 1.54) is 18.9 Å². The van der Waals surface area contributed by atoms with Gasteiger partial charge in [0.05, 0.1) is 0 Å². The summed E-state index contributed by atoms with van der Waals surface area (Å²) in [7, 11) is 0. The molecule has 1 aromatic rings. The predicted molar refractivity (Wildman–Crippen MR) is 56.0 cm³/mol. The van der Waals surface area contributed by atoms with Crippen LogP contribution in [-0.2, 0) is 6.42 Å². The summed E-state index contributed by atoms with van der Waals surface area (Å²) in [5.41, 5.74) is 1.29. The SMILES string of the molecule is O=C(CO)c1ccc(O)c(CC2CC2)c1. The number of aliphatic hydroxyl groups is 1. The van der Waals surface area contributed by atoms with Gasteiger partial charge < -0.3 is 10.2 Å². The van der Waals surface area contributed by atoms with Crippen LogP contribution in [0.15, 0.2) is 18.2 Å². The molecule has 1 aromatic carbocycles. The standard InChI is InChI=1S/C12H14O3/c13-7-12(15)9-3-4-11(14)10(6-9)5-8-1-2-8/h3-4,6,8,13-14H,1-2,5,7H2. The third-order valence-electron chi connectivity index (χ3n) is 2.75. The molecule has 3 nitrogen and oxygen atoms in total. The van der Waals surface area contributed by atoms with Crippen LogP contribution < -0.4 is 0 Å². The third-order valence-corrected chi connectivity index (χ3v) is 2.75. The Morgan fingerprint density at radius 3 is 2.73 bits per heavy atom. The Hall–Kier alpha value is -1.35. The predicted octanol–water partition coefficient (Wildman–Crippen LogP) is 1.52. The van der Waals surface area contributed by atoms with E-state index >= 15 is 0 Å². The van der Waals surface area contributed by atoms with E-state index in [-0.39, 0.29) is 11.5 Å². The number of carbonyl (C=O) groups is 1. The van der Waals surface area contributed by atoms with Gasteiger partial charge in [-0.05, 0) is 48.9 Å². The van der Waals surface area contributed by atoms with Crippen LogP contribution in [0.3, 0.4) is 0 Å². The number of aliphatic hydroxyl groups excluding tert-OH is 1. The molecule has 0 aliphatic heterocycles. The van der Waals surface area contributed by atoms with Crippen molar-refractivity contribution in [3.8, 4) is 5.75 Å². The van der Waals surface area contributed by atoms with Gasteiger partial charge in [-0.25, -0.2) is 0 Å². The molecule has 1 saturated carbocycles. The largest absolute Gasteiger partial charge is 0.508 e. The lowest BCUT2D eigenvalue weighted by Gasteiger charge is -2.05. The van der Waals surface area contributed by atoms with E-state index in [9.17, 15) is 9.90 Å². The highest BCUT2D eigenvalue weighted by Crippen LogP contribution is 2.35. The Kier molecular flexibility index (Phi) is 2.73. The van der Waals surface area contributed by atoms with E-state index in [0.717, 1.165) is 12.0 Å². The molecule has 0 unspecified atom stereocenters. The summed E-state index contributed by atoms with van der Waals surface area (Å²) in [4.78, 5) is 11.2. The minimum absolute atomic E-state index is 0.247. The van der Waals surface area contributed by atoms with E-state index in [1.54, 1.807) is 12.1 Å². The summed E-state index contributed by atoms with van der Waals surface area (Å²) in [6.07, 6.45) is 3.24. The summed E-state index contributed by atoms with van der Waals surface area (Å²) in [5.74, 6) is 0.610. The van der Waals surface area contributed by atoms with Crippen LogP contribution in [0, 0.1) is 5.92 Å². The molecule has 3 heteroatoms. The molecule has 0 radical (unpaired) electrons. The number of ketones is 1. The molecule has 0 amide bonds. The van der Waals surface area contributed by atoms with E-state index in [2.05, 4.69) is 0 Å². The van der Waals surface area contributed by atoms with E-state index in [0.29, 0.717) is 11.5 Å². The van der Waals surface area contributed by atoms with Crippen molar-refractivity contribution in [1.82, 2.24) is 0 Å². The molecule has 0 saturated heterocycles. The fourth-order valence-electron chi connectivity index (χ4n) is 1.65. The maximum Gasteiger partial charge on any atom is 0.188 e. The zero-order valence-electron chi connectivity index (χ0n) is 8.44. The lowest BCUT2D eigenvalue weighted by Crippen LogP contribution is -2.05. The van der Waals surface area contributed by atoms with Crippen LogP contribution in [0.2, 0.25) is 0 Å². The molecule has 0 bridgehead atoms. The molecule has 0 atom stereocenters. The molecule has 0 heterocycles. The van der Waals surface area contributed by atoms with Gasteiger partial charge in [-0.2, -0.15) is 0 Å². The molecular formula is C12H14O3. The summed E-state index contributed by atoms with van der Waals surface area (Å²) in [5, 5.41) is 18.3. The van der Waals surface area contributed by atoms with Gasteiger partial charge in [-0.15, -0.1) is 0 Å². The lowest BCUT2D eigenvalue weighted by atomic mass is 10.0. The Morgan fingerprint density at radius 1 is 1.40 bits per heavy atom. The van der Waals surface area contributed by atoms with Crippen LogP contribution in [0.1, 0.15) is 28.8 Å². The molecule has 1 fully saturated rings. The second-order valence-corrected chi connectivity index (χ2v) is 4.07. The molecule has 0 spiro atoms. The smallest absolute Gasteiger partial charge is 0.188 e. The molecule has 1 aliphatic carbocycles. The van der Waals surface area contributed by atoms with Gasteiger partial charge in [-0.1, -0.05) is 0 Å². The van der Waals surface area contributed by atoms with Gasteiger partial charge in [0.1, 0.15) is 12.4 Å². The first kappa shape index (κ1) is 10.2. The Labute approximate surface area is 88.4 Å². The highest BCUT2D eigenvalue weighted by atomic mass is 16.3. The first-order valence-electron chi connectivity index (χ1n) is 5.16. The van der Waals surface area contributed by atoms with Gasteiger partial charge >= 0.3 is 0 Å². The van der Waals surface area contributed by atoms with E-state index in [1.807, 2.05) is 0 Å². The van der Waals surface area contributed by atoms with Gasteiger partial charge in [-0.3, -0.25) is 4.79 Å². The highest BCUT2D eigenvalue weighted by molar-refractivity contribution is 5.97. The van der Waals surface area contributed by atoms with Crippen molar-refractivity contribution in [2.75, 3.05) is 6.61 Å². The molecule has 2 rings (SSSR count). The van der Waals surface area contributed by atoms with Crippen LogP contribution >= 0.6 is 0 Å². The minimum atomic E-state index is -0.479. The van der Waals surface area contributed by atoms with Crippen molar-refractivity contribution < 1.29 is 15.0 Å². The molecule has 1 aliphatic rings. The molecule has 2 N–H and O–H groups in total. The monoisotopic (exact) mass is 206 g/mol. The second-order valence-electron chi connectivity index (χ2n) is 4.07. The quantitative estimate of drug-likeness (QED) is 0.734. The number of phenolic OH excluding ortho intramolecular Hbond substituents is 1.